The highest BCUT2D eigenvalue weighted by Gasteiger charge is 2.06. The van der Waals surface area contributed by atoms with Crippen molar-refractivity contribution < 1.29 is 4.52 Å². The monoisotopic (exact) mass is 194 g/mol. The van der Waals surface area contributed by atoms with Crippen molar-refractivity contribution in [3.8, 4) is 0 Å². The van der Waals surface area contributed by atoms with Gasteiger partial charge in [-0.1, -0.05) is 17.7 Å². The van der Waals surface area contributed by atoms with Crippen molar-refractivity contribution in [2.75, 3.05) is 13.6 Å². The second kappa shape index (κ2) is 4.96. The Kier molecular flexibility index (Phi) is 3.89. The first-order valence-corrected chi connectivity index (χ1v) is 4.96. The molecule has 0 aliphatic rings. The lowest BCUT2D eigenvalue weighted by atomic mass is 10.1. The zero-order chi connectivity index (χ0) is 10.6. The van der Waals surface area contributed by atoms with E-state index in [1.165, 1.54) is 5.57 Å². The van der Waals surface area contributed by atoms with Crippen LogP contribution in [0.25, 0.3) is 6.08 Å². The second-order valence-electron chi connectivity index (χ2n) is 3.42. The highest BCUT2D eigenvalue weighted by Crippen LogP contribution is 2.17. The van der Waals surface area contributed by atoms with Gasteiger partial charge in [-0.3, -0.25) is 0 Å². The van der Waals surface area contributed by atoms with E-state index in [1.54, 1.807) is 0 Å². The molecule has 0 spiro atoms. The molecule has 1 rings (SSSR count). The quantitative estimate of drug-likeness (QED) is 0.799. The van der Waals surface area contributed by atoms with Crippen LogP contribution in [0.1, 0.15) is 30.4 Å². The largest absolute Gasteiger partial charge is 0.361 e. The zero-order valence-corrected chi connectivity index (χ0v) is 9.35. The number of hydrogen-bond acceptors (Lipinski definition) is 3. The van der Waals surface area contributed by atoms with Crippen molar-refractivity contribution in [1.82, 2.24) is 10.5 Å². The molecular formula is C11H18N2O. The number of hydrogen-bond donors (Lipinski definition) is 1. The summed E-state index contributed by atoms with van der Waals surface area (Å²) in [5, 5.41) is 7.07. The van der Waals surface area contributed by atoms with Crippen molar-refractivity contribution in [2.24, 2.45) is 0 Å². The van der Waals surface area contributed by atoms with Crippen molar-refractivity contribution >= 4 is 6.08 Å². The van der Waals surface area contributed by atoms with Gasteiger partial charge in [-0.05, 0) is 33.4 Å². The van der Waals surface area contributed by atoms with E-state index in [4.69, 9.17) is 4.52 Å². The van der Waals surface area contributed by atoms with Gasteiger partial charge in [0, 0.05) is 12.1 Å². The number of aromatic nitrogens is 1. The summed E-state index contributed by atoms with van der Waals surface area (Å²) in [4.78, 5) is 0. The predicted octanol–water partition coefficient (Wildman–Crippen LogP) is 2.30. The molecule has 0 fully saturated rings. The molecule has 3 nitrogen and oxygen atoms in total. The lowest BCUT2D eigenvalue weighted by Crippen LogP contribution is -2.09. The highest BCUT2D eigenvalue weighted by atomic mass is 16.5. The Morgan fingerprint density at radius 1 is 1.50 bits per heavy atom. The molecule has 3 heteroatoms. The molecule has 14 heavy (non-hydrogen) atoms. The molecule has 0 bridgehead atoms. The van der Waals surface area contributed by atoms with Gasteiger partial charge in [0.1, 0.15) is 5.76 Å². The third kappa shape index (κ3) is 2.45. The van der Waals surface area contributed by atoms with Gasteiger partial charge in [-0.15, -0.1) is 0 Å². The Bertz CT molecular complexity index is 307. The van der Waals surface area contributed by atoms with Gasteiger partial charge in [0.2, 0.25) is 0 Å². The lowest BCUT2D eigenvalue weighted by Gasteiger charge is -2.02. The molecule has 0 amide bonds. The van der Waals surface area contributed by atoms with Gasteiger partial charge in [0.05, 0.1) is 5.69 Å². The van der Waals surface area contributed by atoms with Crippen LogP contribution in [0.5, 0.6) is 0 Å². The summed E-state index contributed by atoms with van der Waals surface area (Å²) >= 11 is 0. The molecule has 1 N–H and O–H groups in total. The highest BCUT2D eigenvalue weighted by molar-refractivity contribution is 5.56. The molecule has 1 aromatic rings. The Balaban J connectivity index is 2.93. The number of aryl methyl sites for hydroxylation is 2. The first-order chi connectivity index (χ1) is 6.69. The maximum absolute atomic E-state index is 5.10. The minimum Gasteiger partial charge on any atom is -0.361 e. The van der Waals surface area contributed by atoms with Crippen LogP contribution in [0.2, 0.25) is 0 Å². The van der Waals surface area contributed by atoms with E-state index in [2.05, 4.69) is 23.5 Å². The molecule has 0 aliphatic carbocycles. The molecule has 0 saturated heterocycles. The number of rotatable bonds is 4. The topological polar surface area (TPSA) is 38.1 Å². The van der Waals surface area contributed by atoms with Crippen LogP contribution in [-0.2, 0) is 0 Å². The van der Waals surface area contributed by atoms with Crippen LogP contribution in [0.15, 0.2) is 10.1 Å². The predicted molar refractivity (Wildman–Crippen MR) is 58.2 cm³/mol. The van der Waals surface area contributed by atoms with E-state index < -0.39 is 0 Å². The first kappa shape index (κ1) is 11.0. The summed E-state index contributed by atoms with van der Waals surface area (Å²) in [5.41, 5.74) is 3.45. The molecule has 0 saturated carbocycles. The van der Waals surface area contributed by atoms with Gasteiger partial charge in [0.15, 0.2) is 0 Å². The molecule has 78 valence electrons. The van der Waals surface area contributed by atoms with Gasteiger partial charge < -0.3 is 9.84 Å². The molecular weight excluding hydrogens is 176 g/mol. The molecule has 0 aromatic carbocycles. The molecule has 1 aromatic heterocycles. The standard InChI is InChI=1S/C11H18N2O/c1-5-10(7-12-4)6-11-8(2)13-14-9(11)3/h6,12H,5,7H2,1-4H3. The van der Waals surface area contributed by atoms with Crippen molar-refractivity contribution in [3.63, 3.8) is 0 Å². The normalized spacial score (nSPS) is 12.1. The third-order valence-electron chi connectivity index (χ3n) is 2.30. The fourth-order valence-electron chi connectivity index (χ4n) is 1.41. The minimum absolute atomic E-state index is 0.893. The fourth-order valence-corrected chi connectivity index (χ4v) is 1.41. The van der Waals surface area contributed by atoms with Crippen LogP contribution in [0, 0.1) is 13.8 Å². The summed E-state index contributed by atoms with van der Waals surface area (Å²) in [6.45, 7) is 6.98. The Labute approximate surface area is 85.2 Å². The third-order valence-corrected chi connectivity index (χ3v) is 2.30. The van der Waals surface area contributed by atoms with Crippen LogP contribution >= 0.6 is 0 Å². The maximum atomic E-state index is 5.10. The summed E-state index contributed by atoms with van der Waals surface area (Å²) in [6.07, 6.45) is 3.21. The summed E-state index contributed by atoms with van der Waals surface area (Å²) < 4.78 is 5.10. The Morgan fingerprint density at radius 3 is 2.64 bits per heavy atom. The first-order valence-electron chi connectivity index (χ1n) is 4.96. The van der Waals surface area contributed by atoms with Crippen molar-refractivity contribution in [1.29, 1.82) is 0 Å². The van der Waals surface area contributed by atoms with Crippen molar-refractivity contribution in [2.45, 2.75) is 27.2 Å². The van der Waals surface area contributed by atoms with Crippen LogP contribution in [-0.4, -0.2) is 18.7 Å². The molecule has 0 radical (unpaired) electrons. The van der Waals surface area contributed by atoms with E-state index in [1.807, 2.05) is 20.9 Å². The minimum atomic E-state index is 0.893. The summed E-state index contributed by atoms with van der Waals surface area (Å²) in [7, 11) is 1.96. The van der Waals surface area contributed by atoms with E-state index in [9.17, 15) is 0 Å². The Hall–Kier alpha value is -1.09. The second-order valence-corrected chi connectivity index (χ2v) is 3.42. The van der Waals surface area contributed by atoms with Gasteiger partial charge in [-0.25, -0.2) is 0 Å². The van der Waals surface area contributed by atoms with E-state index in [0.29, 0.717) is 0 Å². The molecule has 0 atom stereocenters. The van der Waals surface area contributed by atoms with Crippen LogP contribution in [0.4, 0.5) is 0 Å². The number of nitrogens with one attached hydrogen (secondary N) is 1. The average Bonchev–Trinajstić information content (AvgIpc) is 2.48. The lowest BCUT2D eigenvalue weighted by molar-refractivity contribution is 0.393. The zero-order valence-electron chi connectivity index (χ0n) is 9.35. The number of nitrogens with zero attached hydrogens (tertiary/aromatic N) is 1. The smallest absolute Gasteiger partial charge is 0.141 e. The summed E-state index contributed by atoms with van der Waals surface area (Å²) in [6, 6.07) is 0. The Morgan fingerprint density at radius 2 is 2.21 bits per heavy atom. The number of likely N-dealkylation sites (N-methyl/N-ethyl adjacent to an activating group) is 1. The SMILES string of the molecule is CCC(=Cc1c(C)noc1C)CNC. The molecule has 0 aliphatic heterocycles. The van der Waals surface area contributed by atoms with Crippen LogP contribution in [0.3, 0.4) is 0 Å². The summed E-state index contributed by atoms with van der Waals surface area (Å²) in [5.74, 6) is 0.893. The maximum Gasteiger partial charge on any atom is 0.141 e. The molecule has 0 unspecified atom stereocenters. The molecule has 1 heterocycles. The van der Waals surface area contributed by atoms with Crippen LogP contribution < -0.4 is 5.32 Å². The van der Waals surface area contributed by atoms with Gasteiger partial charge in [-0.2, -0.15) is 0 Å². The fraction of sp³-hybridized carbons (Fsp3) is 0.545. The van der Waals surface area contributed by atoms with E-state index >= 15 is 0 Å². The van der Waals surface area contributed by atoms with E-state index in [-0.39, 0.29) is 0 Å². The van der Waals surface area contributed by atoms with Crippen molar-refractivity contribution in [3.05, 3.63) is 22.6 Å². The van der Waals surface area contributed by atoms with Gasteiger partial charge >= 0.3 is 0 Å². The van der Waals surface area contributed by atoms with E-state index in [0.717, 1.165) is 30.0 Å². The van der Waals surface area contributed by atoms with Gasteiger partial charge in [0.25, 0.3) is 0 Å². The average molecular weight is 194 g/mol.